The van der Waals surface area contributed by atoms with E-state index in [1.807, 2.05) is 0 Å². The molecule has 1 atom stereocenters. The lowest BCUT2D eigenvalue weighted by atomic mass is 10.2. The van der Waals surface area contributed by atoms with E-state index in [9.17, 15) is 0 Å². The first-order chi connectivity index (χ1) is 7.99. The van der Waals surface area contributed by atoms with E-state index >= 15 is 0 Å². The van der Waals surface area contributed by atoms with E-state index in [1.165, 1.54) is 0 Å². The number of hydrogen-bond acceptors (Lipinski definition) is 5. The maximum atomic E-state index is 5.52. The standard InChI is InChI=1S/C11H19N5S/c1-8(5-7-16(2)3)14-11-13-6-4-9(15-11)10(12)17/h4,6,8H,5,7H2,1-3H3,(H2,12,17)(H,13,14,15). The summed E-state index contributed by atoms with van der Waals surface area (Å²) in [5.74, 6) is 0.571. The van der Waals surface area contributed by atoms with Crippen molar-refractivity contribution >= 4 is 23.2 Å². The van der Waals surface area contributed by atoms with Crippen LogP contribution in [-0.4, -0.2) is 46.5 Å². The van der Waals surface area contributed by atoms with Gasteiger partial charge in [0.15, 0.2) is 0 Å². The molecule has 0 aromatic carbocycles. The Morgan fingerprint density at radius 3 is 2.88 bits per heavy atom. The van der Waals surface area contributed by atoms with Crippen LogP contribution in [0.4, 0.5) is 5.95 Å². The molecule has 94 valence electrons. The van der Waals surface area contributed by atoms with E-state index in [2.05, 4.69) is 41.2 Å². The minimum Gasteiger partial charge on any atom is -0.388 e. The molecule has 5 nitrogen and oxygen atoms in total. The third kappa shape index (κ3) is 5.06. The van der Waals surface area contributed by atoms with Crippen LogP contribution in [0, 0.1) is 0 Å². The first-order valence-corrected chi connectivity index (χ1v) is 5.94. The molecule has 1 unspecified atom stereocenters. The number of nitrogens with two attached hydrogens (primary N) is 1. The largest absolute Gasteiger partial charge is 0.388 e. The Hall–Kier alpha value is -1.27. The van der Waals surface area contributed by atoms with Crippen molar-refractivity contribution in [1.29, 1.82) is 0 Å². The summed E-state index contributed by atoms with van der Waals surface area (Å²) < 4.78 is 0. The predicted octanol–water partition coefficient (Wildman–Crippen LogP) is 0.863. The summed E-state index contributed by atoms with van der Waals surface area (Å²) in [7, 11) is 4.10. The third-order valence-corrected chi connectivity index (χ3v) is 2.50. The Kier molecular flexibility index (Phi) is 5.24. The first-order valence-electron chi connectivity index (χ1n) is 5.53. The summed E-state index contributed by atoms with van der Waals surface area (Å²) >= 11 is 4.87. The SMILES string of the molecule is CC(CCN(C)C)Nc1nccc(C(N)=S)n1. The Labute approximate surface area is 107 Å². The molecule has 0 aliphatic heterocycles. The van der Waals surface area contributed by atoms with Crippen LogP contribution in [0.15, 0.2) is 12.3 Å². The Morgan fingerprint density at radius 2 is 2.29 bits per heavy atom. The molecule has 1 rings (SSSR count). The molecule has 0 saturated carbocycles. The fourth-order valence-corrected chi connectivity index (χ4v) is 1.42. The first kappa shape index (κ1) is 13.8. The molecular formula is C11H19N5S. The van der Waals surface area contributed by atoms with Crippen molar-refractivity contribution < 1.29 is 0 Å². The number of nitrogens with zero attached hydrogens (tertiary/aromatic N) is 3. The lowest BCUT2D eigenvalue weighted by Crippen LogP contribution is -2.24. The molecule has 1 aromatic rings. The quantitative estimate of drug-likeness (QED) is 0.733. The lowest BCUT2D eigenvalue weighted by molar-refractivity contribution is 0.390. The number of thiocarbonyl (C=S) groups is 1. The molecule has 0 amide bonds. The van der Waals surface area contributed by atoms with Crippen LogP contribution in [0.5, 0.6) is 0 Å². The van der Waals surface area contributed by atoms with E-state index in [-0.39, 0.29) is 4.99 Å². The number of aromatic nitrogens is 2. The molecule has 0 aliphatic rings. The molecule has 1 aromatic heterocycles. The van der Waals surface area contributed by atoms with E-state index < -0.39 is 0 Å². The molecule has 6 heteroatoms. The van der Waals surface area contributed by atoms with Gasteiger partial charge in [-0.15, -0.1) is 0 Å². The minimum atomic E-state index is 0.288. The van der Waals surface area contributed by atoms with Crippen molar-refractivity contribution in [3.63, 3.8) is 0 Å². The van der Waals surface area contributed by atoms with Crippen LogP contribution in [0.3, 0.4) is 0 Å². The van der Waals surface area contributed by atoms with Gasteiger partial charge in [0.05, 0.1) is 0 Å². The molecule has 0 aliphatic carbocycles. The van der Waals surface area contributed by atoms with Gasteiger partial charge in [-0.2, -0.15) is 0 Å². The van der Waals surface area contributed by atoms with Crippen LogP contribution in [-0.2, 0) is 0 Å². The van der Waals surface area contributed by atoms with Gasteiger partial charge in [-0.25, -0.2) is 9.97 Å². The molecule has 0 spiro atoms. The highest BCUT2D eigenvalue weighted by Gasteiger charge is 2.06. The van der Waals surface area contributed by atoms with Crippen molar-refractivity contribution in [2.75, 3.05) is 26.0 Å². The van der Waals surface area contributed by atoms with Gasteiger partial charge in [-0.1, -0.05) is 12.2 Å². The van der Waals surface area contributed by atoms with E-state index in [4.69, 9.17) is 18.0 Å². The minimum absolute atomic E-state index is 0.288. The van der Waals surface area contributed by atoms with Crippen molar-refractivity contribution in [2.45, 2.75) is 19.4 Å². The van der Waals surface area contributed by atoms with Gasteiger partial charge in [0.1, 0.15) is 10.7 Å². The van der Waals surface area contributed by atoms with Crippen LogP contribution in [0.2, 0.25) is 0 Å². The topological polar surface area (TPSA) is 67.1 Å². The summed E-state index contributed by atoms with van der Waals surface area (Å²) in [6.45, 7) is 3.11. The fraction of sp³-hybridized carbons (Fsp3) is 0.545. The molecule has 0 fully saturated rings. The smallest absolute Gasteiger partial charge is 0.223 e. The van der Waals surface area contributed by atoms with Gasteiger partial charge < -0.3 is 16.0 Å². The molecular weight excluding hydrogens is 234 g/mol. The summed E-state index contributed by atoms with van der Waals surface area (Å²) in [6.07, 6.45) is 2.68. The number of hydrogen-bond donors (Lipinski definition) is 2. The highest BCUT2D eigenvalue weighted by molar-refractivity contribution is 7.80. The highest BCUT2D eigenvalue weighted by Crippen LogP contribution is 2.04. The van der Waals surface area contributed by atoms with Gasteiger partial charge >= 0.3 is 0 Å². The van der Waals surface area contributed by atoms with Crippen molar-refractivity contribution in [1.82, 2.24) is 14.9 Å². The highest BCUT2D eigenvalue weighted by atomic mass is 32.1. The predicted molar refractivity (Wildman–Crippen MR) is 74.2 cm³/mol. The van der Waals surface area contributed by atoms with Crippen LogP contribution >= 0.6 is 12.2 Å². The molecule has 0 bridgehead atoms. The second kappa shape index (κ2) is 6.46. The van der Waals surface area contributed by atoms with Crippen molar-refractivity contribution in [3.8, 4) is 0 Å². The van der Waals surface area contributed by atoms with Crippen molar-refractivity contribution in [3.05, 3.63) is 18.0 Å². The number of rotatable bonds is 6. The molecule has 3 N–H and O–H groups in total. The normalized spacial score (nSPS) is 12.5. The lowest BCUT2D eigenvalue weighted by Gasteiger charge is -2.16. The average molecular weight is 253 g/mol. The molecule has 17 heavy (non-hydrogen) atoms. The molecule has 0 saturated heterocycles. The summed E-state index contributed by atoms with van der Waals surface area (Å²) in [5.41, 5.74) is 6.11. The fourth-order valence-electron chi connectivity index (χ4n) is 1.31. The second-order valence-electron chi connectivity index (χ2n) is 4.27. The van der Waals surface area contributed by atoms with Crippen LogP contribution in [0.1, 0.15) is 19.0 Å². The van der Waals surface area contributed by atoms with Gasteiger partial charge in [-0.05, 0) is 40.1 Å². The molecule has 1 heterocycles. The Morgan fingerprint density at radius 1 is 1.59 bits per heavy atom. The third-order valence-electron chi connectivity index (χ3n) is 2.29. The average Bonchev–Trinajstić information content (AvgIpc) is 2.26. The van der Waals surface area contributed by atoms with Crippen LogP contribution < -0.4 is 11.1 Å². The van der Waals surface area contributed by atoms with E-state index in [0.29, 0.717) is 17.7 Å². The Balaban J connectivity index is 2.56. The summed E-state index contributed by atoms with van der Waals surface area (Å²) in [4.78, 5) is 10.8. The van der Waals surface area contributed by atoms with Crippen molar-refractivity contribution in [2.24, 2.45) is 5.73 Å². The zero-order valence-corrected chi connectivity index (χ0v) is 11.3. The maximum Gasteiger partial charge on any atom is 0.223 e. The summed E-state index contributed by atoms with van der Waals surface area (Å²) in [5, 5.41) is 3.23. The van der Waals surface area contributed by atoms with Gasteiger partial charge in [-0.3, -0.25) is 0 Å². The van der Waals surface area contributed by atoms with Gasteiger partial charge in [0.25, 0.3) is 0 Å². The zero-order chi connectivity index (χ0) is 12.8. The number of anilines is 1. The monoisotopic (exact) mass is 253 g/mol. The van der Waals surface area contributed by atoms with Gasteiger partial charge in [0, 0.05) is 12.2 Å². The summed E-state index contributed by atoms with van der Waals surface area (Å²) in [6, 6.07) is 2.01. The molecule has 0 radical (unpaired) electrons. The van der Waals surface area contributed by atoms with Gasteiger partial charge in [0.2, 0.25) is 5.95 Å². The van der Waals surface area contributed by atoms with E-state index in [0.717, 1.165) is 13.0 Å². The van der Waals surface area contributed by atoms with Crippen LogP contribution in [0.25, 0.3) is 0 Å². The second-order valence-corrected chi connectivity index (χ2v) is 4.71. The maximum absolute atomic E-state index is 5.52. The Bertz CT molecular complexity index is 380. The van der Waals surface area contributed by atoms with E-state index in [1.54, 1.807) is 12.3 Å². The number of nitrogens with one attached hydrogen (secondary N) is 1. The zero-order valence-electron chi connectivity index (χ0n) is 10.5.